The minimum Gasteiger partial charge on any atom is -0.259 e. The molecule has 0 aliphatic heterocycles. The van der Waals surface area contributed by atoms with Crippen LogP contribution in [0, 0.1) is 0 Å². The lowest BCUT2D eigenvalue weighted by atomic mass is 10.1. The van der Waals surface area contributed by atoms with Gasteiger partial charge in [-0.25, -0.2) is 0 Å². The van der Waals surface area contributed by atoms with E-state index in [4.69, 9.17) is 0 Å². The number of rotatable bonds is 4. The molecule has 6 heteroatoms. The van der Waals surface area contributed by atoms with Gasteiger partial charge in [0.1, 0.15) is 5.71 Å². The quantitative estimate of drug-likeness (QED) is 0.460. The molecular weight excluding hydrogens is 312 g/mol. The van der Waals surface area contributed by atoms with Crippen molar-refractivity contribution in [3.63, 3.8) is 0 Å². The molecule has 0 amide bonds. The van der Waals surface area contributed by atoms with Crippen molar-refractivity contribution in [2.24, 2.45) is 5.10 Å². The van der Waals surface area contributed by atoms with Crippen LogP contribution < -0.4 is 5.43 Å². The molecule has 0 atom stereocenters. The normalized spacial score (nSPS) is 10.4. The van der Waals surface area contributed by atoms with Gasteiger partial charge < -0.3 is 0 Å². The molecule has 6 nitrogen and oxygen atoms in total. The number of benzene rings is 1. The molecule has 0 radical (unpaired) electrons. The summed E-state index contributed by atoms with van der Waals surface area (Å²) in [5.41, 5.74) is 5.10. The number of nitrogens with zero attached hydrogens (tertiary/aromatic N) is 5. The first-order valence-corrected chi connectivity index (χ1v) is 7.79. The zero-order valence-electron chi connectivity index (χ0n) is 13.2. The number of hydrogen-bond acceptors (Lipinski definition) is 6. The van der Waals surface area contributed by atoms with E-state index in [9.17, 15) is 0 Å². The Morgan fingerprint density at radius 1 is 0.800 bits per heavy atom. The molecule has 0 saturated carbocycles. The van der Waals surface area contributed by atoms with Crippen molar-refractivity contribution in [3.05, 3.63) is 90.6 Å². The zero-order chi connectivity index (χ0) is 16.9. The zero-order valence-corrected chi connectivity index (χ0v) is 13.2. The van der Waals surface area contributed by atoms with Gasteiger partial charge in [0.15, 0.2) is 5.82 Å². The highest BCUT2D eigenvalue weighted by molar-refractivity contribution is 6.10. The topological polar surface area (TPSA) is 76.0 Å². The van der Waals surface area contributed by atoms with E-state index in [1.807, 2.05) is 60.7 Å². The first kappa shape index (κ1) is 14.9. The van der Waals surface area contributed by atoms with Crippen molar-refractivity contribution in [2.75, 3.05) is 5.43 Å². The van der Waals surface area contributed by atoms with Crippen LogP contribution in [-0.2, 0) is 0 Å². The van der Waals surface area contributed by atoms with E-state index in [0.717, 1.165) is 22.2 Å². The van der Waals surface area contributed by atoms with Crippen molar-refractivity contribution in [3.8, 4) is 0 Å². The Balaban J connectivity index is 1.77. The number of fused-ring (bicyclic) bond motifs is 1. The molecule has 120 valence electrons. The van der Waals surface area contributed by atoms with Gasteiger partial charge in [-0.15, -0.1) is 5.10 Å². The van der Waals surface area contributed by atoms with E-state index in [2.05, 4.69) is 30.7 Å². The highest BCUT2D eigenvalue weighted by Crippen LogP contribution is 2.19. The lowest BCUT2D eigenvalue weighted by Crippen LogP contribution is -2.10. The molecular formula is C19H14N6. The molecule has 4 aromatic rings. The van der Waals surface area contributed by atoms with Gasteiger partial charge in [-0.2, -0.15) is 10.2 Å². The van der Waals surface area contributed by atoms with Crippen LogP contribution in [0.15, 0.2) is 84.4 Å². The summed E-state index contributed by atoms with van der Waals surface area (Å²) in [5.74, 6) is 0.586. The van der Waals surface area contributed by atoms with Gasteiger partial charge >= 0.3 is 0 Å². The Labute approximate surface area is 144 Å². The number of nitrogens with one attached hydrogen (secondary N) is 1. The summed E-state index contributed by atoms with van der Waals surface area (Å²) >= 11 is 0. The Morgan fingerprint density at radius 2 is 1.48 bits per heavy atom. The smallest absolute Gasteiger partial charge is 0.176 e. The molecule has 0 bridgehead atoms. The maximum atomic E-state index is 4.52. The molecule has 0 spiro atoms. The second kappa shape index (κ2) is 6.84. The van der Waals surface area contributed by atoms with Gasteiger partial charge in [0.2, 0.25) is 0 Å². The molecule has 0 saturated heterocycles. The molecule has 0 fully saturated rings. The minimum absolute atomic E-state index is 0.586. The SMILES string of the molecule is c1ccc(C(=NNc2nncc3ccccc23)c2ccccn2)nc1. The largest absolute Gasteiger partial charge is 0.259 e. The maximum Gasteiger partial charge on any atom is 0.176 e. The Hall–Kier alpha value is -3.67. The van der Waals surface area contributed by atoms with Crippen LogP contribution in [0.25, 0.3) is 10.8 Å². The summed E-state index contributed by atoms with van der Waals surface area (Å²) in [5, 5.41) is 14.6. The fraction of sp³-hybridized carbons (Fsp3) is 0. The fourth-order valence-corrected chi connectivity index (χ4v) is 2.47. The second-order valence-corrected chi connectivity index (χ2v) is 5.28. The van der Waals surface area contributed by atoms with Gasteiger partial charge in [-0.05, 0) is 24.3 Å². The predicted molar refractivity (Wildman–Crippen MR) is 97.3 cm³/mol. The first-order chi connectivity index (χ1) is 12.4. The van der Waals surface area contributed by atoms with Crippen LogP contribution in [-0.4, -0.2) is 25.9 Å². The van der Waals surface area contributed by atoms with Gasteiger partial charge in [0.25, 0.3) is 0 Å². The van der Waals surface area contributed by atoms with Crippen molar-refractivity contribution in [1.82, 2.24) is 20.2 Å². The third kappa shape index (κ3) is 3.18. The minimum atomic E-state index is 0.586. The van der Waals surface area contributed by atoms with Crippen molar-refractivity contribution in [2.45, 2.75) is 0 Å². The van der Waals surface area contributed by atoms with E-state index in [1.54, 1.807) is 18.6 Å². The third-order valence-corrected chi connectivity index (χ3v) is 3.66. The monoisotopic (exact) mass is 326 g/mol. The average molecular weight is 326 g/mol. The van der Waals surface area contributed by atoms with E-state index >= 15 is 0 Å². The van der Waals surface area contributed by atoms with E-state index < -0.39 is 0 Å². The number of hydrazone groups is 1. The number of aromatic nitrogens is 4. The summed E-state index contributed by atoms with van der Waals surface area (Å²) in [6.07, 6.45) is 5.18. The van der Waals surface area contributed by atoms with Crippen molar-refractivity contribution in [1.29, 1.82) is 0 Å². The van der Waals surface area contributed by atoms with Crippen LogP contribution in [0.2, 0.25) is 0 Å². The third-order valence-electron chi connectivity index (χ3n) is 3.66. The molecule has 0 aliphatic carbocycles. The molecule has 3 aromatic heterocycles. The van der Waals surface area contributed by atoms with Gasteiger partial charge in [0, 0.05) is 23.2 Å². The Morgan fingerprint density at radius 3 is 2.16 bits per heavy atom. The van der Waals surface area contributed by atoms with Crippen LogP contribution >= 0.6 is 0 Å². The van der Waals surface area contributed by atoms with E-state index in [0.29, 0.717) is 11.5 Å². The number of anilines is 1. The van der Waals surface area contributed by atoms with Crippen molar-refractivity contribution >= 4 is 22.3 Å². The Bertz CT molecular complexity index is 969. The second-order valence-electron chi connectivity index (χ2n) is 5.28. The number of pyridine rings is 2. The highest BCUT2D eigenvalue weighted by atomic mass is 15.3. The summed E-state index contributed by atoms with van der Waals surface area (Å²) in [6.45, 7) is 0. The van der Waals surface area contributed by atoms with Crippen molar-refractivity contribution < 1.29 is 0 Å². The molecule has 0 aliphatic rings. The Kier molecular flexibility index (Phi) is 4.07. The molecule has 0 unspecified atom stereocenters. The van der Waals surface area contributed by atoms with Crippen LogP contribution in [0.3, 0.4) is 0 Å². The first-order valence-electron chi connectivity index (χ1n) is 7.79. The summed E-state index contributed by atoms with van der Waals surface area (Å²) < 4.78 is 0. The van der Waals surface area contributed by atoms with Gasteiger partial charge in [-0.1, -0.05) is 36.4 Å². The summed E-state index contributed by atoms with van der Waals surface area (Å²) in [6, 6.07) is 19.2. The lowest BCUT2D eigenvalue weighted by Gasteiger charge is -2.07. The highest BCUT2D eigenvalue weighted by Gasteiger charge is 2.10. The summed E-state index contributed by atoms with van der Waals surface area (Å²) in [4.78, 5) is 8.77. The average Bonchev–Trinajstić information content (AvgIpc) is 2.70. The van der Waals surface area contributed by atoms with Gasteiger partial charge in [0.05, 0.1) is 17.6 Å². The molecule has 1 aromatic carbocycles. The molecule has 1 N–H and O–H groups in total. The standard InChI is InChI=1S/C19H14N6/c1-2-8-15-14(7-1)13-22-24-19(15)25-23-18(16-9-3-5-11-20-16)17-10-4-6-12-21-17/h1-13H,(H,24,25). The molecule has 25 heavy (non-hydrogen) atoms. The van der Waals surface area contributed by atoms with E-state index in [-0.39, 0.29) is 0 Å². The predicted octanol–water partition coefficient (Wildman–Crippen LogP) is 3.28. The van der Waals surface area contributed by atoms with Crippen LogP contribution in [0.1, 0.15) is 11.4 Å². The van der Waals surface area contributed by atoms with E-state index in [1.165, 1.54) is 0 Å². The lowest BCUT2D eigenvalue weighted by molar-refractivity contribution is 1.04. The molecule has 3 heterocycles. The maximum absolute atomic E-state index is 4.52. The van der Waals surface area contributed by atoms with Crippen LogP contribution in [0.5, 0.6) is 0 Å². The molecule has 4 rings (SSSR count). The van der Waals surface area contributed by atoms with Crippen LogP contribution in [0.4, 0.5) is 5.82 Å². The van der Waals surface area contributed by atoms with Gasteiger partial charge in [-0.3, -0.25) is 15.4 Å². The summed E-state index contributed by atoms with van der Waals surface area (Å²) in [7, 11) is 0. The number of hydrogen-bond donors (Lipinski definition) is 1. The fourth-order valence-electron chi connectivity index (χ4n) is 2.47.